The summed E-state index contributed by atoms with van der Waals surface area (Å²) in [4.78, 5) is 0. The molecule has 0 bridgehead atoms. The first-order chi connectivity index (χ1) is 11.0. The minimum absolute atomic E-state index is 1.49. The molecular weight excluding hydrogens is 380 g/mol. The monoisotopic (exact) mass is 410 g/mol. The van der Waals surface area contributed by atoms with E-state index in [-0.39, 0.29) is 0 Å². The average Bonchev–Trinajstić information content (AvgIpc) is 2.58. The van der Waals surface area contributed by atoms with Gasteiger partial charge in [0, 0.05) is 28.4 Å². The largest absolute Gasteiger partial charge is 0.521 e. The van der Waals surface area contributed by atoms with Crippen molar-refractivity contribution in [2.45, 2.75) is 19.6 Å². The van der Waals surface area contributed by atoms with Gasteiger partial charge in [0.25, 0.3) is 0 Å². The summed E-state index contributed by atoms with van der Waals surface area (Å²) in [6, 6.07) is 0. The van der Waals surface area contributed by atoms with Gasteiger partial charge in [0.05, 0.1) is 0 Å². The van der Waals surface area contributed by atoms with E-state index in [0.29, 0.717) is 0 Å². The Balaban J connectivity index is 5.55. The van der Waals surface area contributed by atoms with Gasteiger partial charge in [-0.2, -0.15) is 0 Å². The van der Waals surface area contributed by atoms with Crippen LogP contribution in [-0.4, -0.2) is 63.2 Å². The van der Waals surface area contributed by atoms with Gasteiger partial charge in [0.2, 0.25) is 0 Å². The molecule has 0 fully saturated rings. The standard InChI is InChI=1S/C13H30O7Si4/c1-11-22(10,14-4)18-21(8,9)19-24(13-3,17-7)20-23(12-2,15-5)16-6/h11-13H,1-3H2,4-10H3. The second-order valence-electron chi connectivity index (χ2n) is 5.36. The summed E-state index contributed by atoms with van der Waals surface area (Å²) >= 11 is 0. The van der Waals surface area contributed by atoms with E-state index in [2.05, 4.69) is 19.7 Å². The van der Waals surface area contributed by atoms with Gasteiger partial charge in [-0.3, -0.25) is 0 Å². The highest BCUT2D eigenvalue weighted by Crippen LogP contribution is 2.26. The minimum atomic E-state index is -3.33. The molecule has 0 rings (SSSR count). The van der Waals surface area contributed by atoms with Crippen LogP contribution >= 0.6 is 0 Å². The van der Waals surface area contributed by atoms with E-state index in [9.17, 15) is 0 Å². The Bertz CT molecular complexity index is 444. The van der Waals surface area contributed by atoms with Crippen LogP contribution in [0.5, 0.6) is 0 Å². The smallest absolute Gasteiger partial charge is 0.412 e. The van der Waals surface area contributed by atoms with Crippen molar-refractivity contribution in [2.75, 3.05) is 28.4 Å². The van der Waals surface area contributed by atoms with Crippen molar-refractivity contribution in [1.29, 1.82) is 0 Å². The lowest BCUT2D eigenvalue weighted by Gasteiger charge is -2.39. The van der Waals surface area contributed by atoms with Gasteiger partial charge in [0.15, 0.2) is 0 Å². The topological polar surface area (TPSA) is 64.6 Å². The molecular formula is C13H30O7Si4. The predicted molar refractivity (Wildman–Crippen MR) is 102 cm³/mol. The van der Waals surface area contributed by atoms with Crippen molar-refractivity contribution < 1.29 is 30.0 Å². The first-order valence-electron chi connectivity index (χ1n) is 7.27. The SMILES string of the molecule is C=C[Si](C)(OC)O[Si](C)(C)O[Si](C=C)(OC)O[Si](C=C)(OC)OC. The highest BCUT2D eigenvalue weighted by molar-refractivity contribution is 6.89. The molecule has 0 aromatic carbocycles. The fourth-order valence-electron chi connectivity index (χ4n) is 1.86. The van der Waals surface area contributed by atoms with Crippen LogP contribution in [0.2, 0.25) is 19.6 Å². The van der Waals surface area contributed by atoms with E-state index >= 15 is 0 Å². The fraction of sp³-hybridized carbons (Fsp3) is 0.538. The van der Waals surface area contributed by atoms with Crippen LogP contribution in [0.3, 0.4) is 0 Å². The van der Waals surface area contributed by atoms with Crippen molar-refractivity contribution in [2.24, 2.45) is 0 Å². The Morgan fingerprint density at radius 1 is 0.583 bits per heavy atom. The molecule has 0 aliphatic carbocycles. The number of rotatable bonds is 13. The number of hydrogen-bond donors (Lipinski definition) is 0. The molecule has 0 N–H and O–H groups in total. The van der Waals surface area contributed by atoms with Crippen LogP contribution in [0.25, 0.3) is 0 Å². The van der Waals surface area contributed by atoms with E-state index in [1.54, 1.807) is 12.8 Å². The first kappa shape index (κ1) is 23.8. The molecule has 0 aliphatic heterocycles. The van der Waals surface area contributed by atoms with Gasteiger partial charge >= 0.3 is 34.7 Å². The molecule has 0 aliphatic rings. The minimum Gasteiger partial charge on any atom is -0.412 e. The predicted octanol–water partition coefficient (Wildman–Crippen LogP) is 2.45. The van der Waals surface area contributed by atoms with Gasteiger partial charge in [-0.25, -0.2) is 0 Å². The van der Waals surface area contributed by atoms with Gasteiger partial charge in [-0.05, 0) is 31.0 Å². The molecule has 0 aromatic rings. The molecule has 24 heavy (non-hydrogen) atoms. The van der Waals surface area contributed by atoms with Crippen LogP contribution in [-0.2, 0) is 30.0 Å². The third-order valence-electron chi connectivity index (χ3n) is 3.25. The third kappa shape index (κ3) is 6.27. The second-order valence-corrected chi connectivity index (χ2v) is 17.9. The lowest BCUT2D eigenvalue weighted by atomic mass is 11.3. The Labute approximate surface area is 150 Å². The highest BCUT2D eigenvalue weighted by atomic mass is 28.5. The Hall–Kier alpha value is -0.192. The maximum atomic E-state index is 6.21. The first-order valence-corrected chi connectivity index (χ1v) is 16.1. The van der Waals surface area contributed by atoms with Crippen LogP contribution in [0.4, 0.5) is 0 Å². The Kier molecular flexibility index (Phi) is 9.41. The normalized spacial score (nSPS) is 17.6. The van der Waals surface area contributed by atoms with E-state index in [1.165, 1.54) is 32.7 Å². The average molecular weight is 411 g/mol. The van der Waals surface area contributed by atoms with Crippen LogP contribution in [0.15, 0.2) is 36.8 Å². The molecule has 11 heteroatoms. The van der Waals surface area contributed by atoms with Gasteiger partial charge in [-0.15, -0.1) is 6.58 Å². The van der Waals surface area contributed by atoms with E-state index in [0.717, 1.165) is 0 Å². The summed E-state index contributed by atoms with van der Waals surface area (Å²) in [6.07, 6.45) is 0. The van der Waals surface area contributed by atoms with Gasteiger partial charge in [-0.1, -0.05) is 18.9 Å². The molecule has 140 valence electrons. The van der Waals surface area contributed by atoms with Gasteiger partial charge in [0.1, 0.15) is 0 Å². The molecule has 0 spiro atoms. The molecule has 0 amide bonds. The van der Waals surface area contributed by atoms with E-state index in [4.69, 9.17) is 30.0 Å². The van der Waals surface area contributed by atoms with Crippen LogP contribution in [0.1, 0.15) is 0 Å². The molecule has 7 nitrogen and oxygen atoms in total. The third-order valence-corrected chi connectivity index (χ3v) is 16.5. The Morgan fingerprint density at radius 2 is 1.04 bits per heavy atom. The quantitative estimate of drug-likeness (QED) is 0.432. The molecule has 2 unspecified atom stereocenters. The zero-order valence-electron chi connectivity index (χ0n) is 15.7. The van der Waals surface area contributed by atoms with Crippen LogP contribution < -0.4 is 0 Å². The van der Waals surface area contributed by atoms with E-state index < -0.39 is 34.7 Å². The van der Waals surface area contributed by atoms with Crippen molar-refractivity contribution in [3.8, 4) is 0 Å². The summed E-state index contributed by atoms with van der Waals surface area (Å²) in [5, 5.41) is 0. The molecule has 2 atom stereocenters. The second kappa shape index (κ2) is 9.49. The molecule has 0 heterocycles. The highest BCUT2D eigenvalue weighted by Gasteiger charge is 2.53. The summed E-state index contributed by atoms with van der Waals surface area (Å²) in [5.74, 6) is 0. The molecule has 0 aromatic heterocycles. The van der Waals surface area contributed by atoms with Crippen molar-refractivity contribution in [3.63, 3.8) is 0 Å². The zero-order chi connectivity index (χ0) is 19.1. The maximum absolute atomic E-state index is 6.21. The van der Waals surface area contributed by atoms with Crippen molar-refractivity contribution in [3.05, 3.63) is 36.8 Å². The van der Waals surface area contributed by atoms with Crippen molar-refractivity contribution >= 4 is 34.7 Å². The lowest BCUT2D eigenvalue weighted by Crippen LogP contribution is -2.62. The summed E-state index contributed by atoms with van der Waals surface area (Å²) in [6.45, 7) is 17.0. The van der Waals surface area contributed by atoms with Crippen LogP contribution in [0, 0.1) is 0 Å². The van der Waals surface area contributed by atoms with Gasteiger partial charge < -0.3 is 30.0 Å². The summed E-state index contributed by atoms with van der Waals surface area (Å²) in [5.41, 5.74) is 4.73. The molecule has 0 saturated carbocycles. The summed E-state index contributed by atoms with van der Waals surface area (Å²) in [7, 11) is -5.66. The summed E-state index contributed by atoms with van der Waals surface area (Å²) < 4.78 is 40.2. The van der Waals surface area contributed by atoms with Crippen molar-refractivity contribution in [1.82, 2.24) is 0 Å². The number of hydrogen-bond acceptors (Lipinski definition) is 7. The Morgan fingerprint density at radius 3 is 1.33 bits per heavy atom. The lowest BCUT2D eigenvalue weighted by molar-refractivity contribution is 0.116. The molecule has 0 radical (unpaired) electrons. The molecule has 0 saturated heterocycles. The fourth-order valence-corrected chi connectivity index (χ4v) is 15.0. The van der Waals surface area contributed by atoms with E-state index in [1.807, 2.05) is 19.6 Å². The zero-order valence-corrected chi connectivity index (χ0v) is 19.7. The maximum Gasteiger partial charge on any atom is 0.521 e.